The van der Waals surface area contributed by atoms with Crippen LogP contribution in [0.3, 0.4) is 0 Å². The molecule has 7 nitrogen and oxygen atoms in total. The highest BCUT2D eigenvalue weighted by molar-refractivity contribution is 5.48. The van der Waals surface area contributed by atoms with Crippen molar-refractivity contribution in [3.8, 4) is 5.75 Å². The smallest absolute Gasteiger partial charge is 0.164 e. The Bertz CT molecular complexity index is 591. The van der Waals surface area contributed by atoms with E-state index in [0.717, 1.165) is 43.2 Å². The number of ether oxygens (including phenoxy) is 1. The first-order valence-electron chi connectivity index (χ1n) is 7.13. The molecule has 2 N–H and O–H groups in total. The maximum Gasteiger partial charge on any atom is 0.164 e. The molecule has 0 unspecified atom stereocenters. The molecule has 0 aromatic carbocycles. The Balaban J connectivity index is 1.64. The summed E-state index contributed by atoms with van der Waals surface area (Å²) in [5.41, 5.74) is 7.02. The highest BCUT2D eigenvalue weighted by Gasteiger charge is 2.17. The van der Waals surface area contributed by atoms with Crippen LogP contribution in [0.4, 0.5) is 5.69 Å². The summed E-state index contributed by atoms with van der Waals surface area (Å²) in [5, 5.41) is 4.02. The van der Waals surface area contributed by atoms with Crippen LogP contribution in [-0.2, 0) is 13.7 Å². The fourth-order valence-electron chi connectivity index (χ4n) is 2.42. The van der Waals surface area contributed by atoms with E-state index >= 15 is 0 Å². The van der Waals surface area contributed by atoms with Crippen LogP contribution in [0.15, 0.2) is 24.8 Å². The van der Waals surface area contributed by atoms with Crippen molar-refractivity contribution in [3.63, 3.8) is 0 Å². The minimum absolute atomic E-state index is 0.324. The predicted molar refractivity (Wildman–Crippen MR) is 79.0 cm³/mol. The standard InChI is InChI=1S/C14H20N6O/c1-19-14(17-10-18-19)9-21-13-6-12(7-16-8-13)20-4-2-11(15)3-5-20/h6-8,10-11H,2-5,9,15H2,1H3. The number of rotatable bonds is 4. The van der Waals surface area contributed by atoms with E-state index in [9.17, 15) is 0 Å². The fourth-order valence-corrected chi connectivity index (χ4v) is 2.42. The van der Waals surface area contributed by atoms with Gasteiger partial charge in [-0.3, -0.25) is 9.67 Å². The second-order valence-electron chi connectivity index (χ2n) is 5.29. The van der Waals surface area contributed by atoms with Crippen molar-refractivity contribution in [2.75, 3.05) is 18.0 Å². The number of hydrogen-bond acceptors (Lipinski definition) is 6. The van der Waals surface area contributed by atoms with Gasteiger partial charge in [-0.15, -0.1) is 0 Å². The molecule has 1 saturated heterocycles. The van der Waals surface area contributed by atoms with Crippen molar-refractivity contribution in [1.82, 2.24) is 19.7 Å². The summed E-state index contributed by atoms with van der Waals surface area (Å²) >= 11 is 0. The second kappa shape index (κ2) is 6.09. The second-order valence-corrected chi connectivity index (χ2v) is 5.29. The molecule has 1 aliphatic rings. The molecule has 0 aliphatic carbocycles. The molecular formula is C14H20N6O. The van der Waals surface area contributed by atoms with Crippen LogP contribution in [0, 0.1) is 0 Å². The summed E-state index contributed by atoms with van der Waals surface area (Å²) in [6.07, 6.45) is 7.14. The van der Waals surface area contributed by atoms with Crippen molar-refractivity contribution >= 4 is 5.69 Å². The summed E-state index contributed by atoms with van der Waals surface area (Å²) in [7, 11) is 1.84. The van der Waals surface area contributed by atoms with Gasteiger partial charge >= 0.3 is 0 Å². The van der Waals surface area contributed by atoms with Crippen LogP contribution < -0.4 is 15.4 Å². The highest BCUT2D eigenvalue weighted by atomic mass is 16.5. The average Bonchev–Trinajstić information content (AvgIpc) is 2.91. The first kappa shape index (κ1) is 13.8. The van der Waals surface area contributed by atoms with Crippen LogP contribution in [0.25, 0.3) is 0 Å². The lowest BCUT2D eigenvalue weighted by Crippen LogP contribution is -2.39. The first-order valence-corrected chi connectivity index (χ1v) is 7.13. The van der Waals surface area contributed by atoms with Crippen molar-refractivity contribution in [3.05, 3.63) is 30.6 Å². The van der Waals surface area contributed by atoms with Crippen LogP contribution in [0.1, 0.15) is 18.7 Å². The molecule has 0 saturated carbocycles. The van der Waals surface area contributed by atoms with E-state index in [0.29, 0.717) is 12.6 Å². The summed E-state index contributed by atoms with van der Waals surface area (Å²) in [6.45, 7) is 2.32. The zero-order valence-electron chi connectivity index (χ0n) is 12.1. The molecule has 1 aliphatic heterocycles. The highest BCUT2D eigenvalue weighted by Crippen LogP contribution is 2.23. The van der Waals surface area contributed by atoms with E-state index in [1.807, 2.05) is 19.3 Å². The van der Waals surface area contributed by atoms with Gasteiger partial charge in [0, 0.05) is 32.2 Å². The fraction of sp³-hybridized carbons (Fsp3) is 0.500. The molecule has 2 aromatic heterocycles. The number of aryl methyl sites for hydroxylation is 1. The minimum Gasteiger partial charge on any atom is -0.484 e. The van der Waals surface area contributed by atoms with Crippen molar-refractivity contribution in [2.45, 2.75) is 25.5 Å². The molecule has 0 radical (unpaired) electrons. The number of aromatic nitrogens is 4. The molecule has 112 valence electrons. The minimum atomic E-state index is 0.324. The van der Waals surface area contributed by atoms with Gasteiger partial charge in [0.1, 0.15) is 18.7 Å². The van der Waals surface area contributed by atoms with Gasteiger partial charge in [0.05, 0.1) is 18.1 Å². The number of piperidine rings is 1. The van der Waals surface area contributed by atoms with Gasteiger partial charge in [0.15, 0.2) is 5.82 Å². The Hall–Kier alpha value is -2.15. The number of nitrogens with zero attached hydrogens (tertiary/aromatic N) is 5. The molecule has 3 heterocycles. The lowest BCUT2D eigenvalue weighted by molar-refractivity contribution is 0.288. The average molecular weight is 288 g/mol. The largest absolute Gasteiger partial charge is 0.484 e. The summed E-state index contributed by atoms with van der Waals surface area (Å²) < 4.78 is 7.44. The van der Waals surface area contributed by atoms with Crippen molar-refractivity contribution in [1.29, 1.82) is 0 Å². The Labute approximate surface area is 123 Å². The van der Waals surface area contributed by atoms with Crippen LogP contribution >= 0.6 is 0 Å². The van der Waals surface area contributed by atoms with Crippen LogP contribution in [0.5, 0.6) is 5.75 Å². The third-order valence-electron chi connectivity index (χ3n) is 3.78. The van der Waals surface area contributed by atoms with Gasteiger partial charge < -0.3 is 15.4 Å². The van der Waals surface area contributed by atoms with Crippen LogP contribution in [-0.4, -0.2) is 38.9 Å². The molecule has 0 amide bonds. The Kier molecular flexibility index (Phi) is 4.01. The van der Waals surface area contributed by atoms with Crippen LogP contribution in [0.2, 0.25) is 0 Å². The van der Waals surface area contributed by atoms with Crippen molar-refractivity contribution in [2.24, 2.45) is 12.8 Å². The summed E-state index contributed by atoms with van der Waals surface area (Å²) in [4.78, 5) is 10.7. The van der Waals surface area contributed by atoms with Gasteiger partial charge in [-0.25, -0.2) is 4.98 Å². The number of pyridine rings is 1. The van der Waals surface area contributed by atoms with E-state index in [1.54, 1.807) is 10.9 Å². The molecule has 3 rings (SSSR count). The first-order chi connectivity index (χ1) is 10.2. The topological polar surface area (TPSA) is 82.1 Å². The zero-order chi connectivity index (χ0) is 14.7. The number of nitrogens with two attached hydrogens (primary N) is 1. The van der Waals surface area contributed by atoms with E-state index < -0.39 is 0 Å². The normalized spacial score (nSPS) is 16.2. The maximum absolute atomic E-state index is 5.94. The molecule has 0 spiro atoms. The molecule has 0 bridgehead atoms. The molecule has 1 fully saturated rings. The van der Waals surface area contributed by atoms with Gasteiger partial charge in [-0.1, -0.05) is 0 Å². The summed E-state index contributed by atoms with van der Waals surface area (Å²) in [6, 6.07) is 2.34. The quantitative estimate of drug-likeness (QED) is 0.892. The van der Waals surface area contributed by atoms with E-state index in [-0.39, 0.29) is 0 Å². The van der Waals surface area contributed by atoms with E-state index in [1.165, 1.54) is 6.33 Å². The van der Waals surface area contributed by atoms with E-state index in [4.69, 9.17) is 10.5 Å². The van der Waals surface area contributed by atoms with Gasteiger partial charge in [-0.05, 0) is 12.8 Å². The molecular weight excluding hydrogens is 268 g/mol. The predicted octanol–water partition coefficient (Wildman–Crippen LogP) is 0.717. The molecule has 7 heteroatoms. The third kappa shape index (κ3) is 3.30. The Morgan fingerprint density at radius 3 is 2.86 bits per heavy atom. The van der Waals surface area contributed by atoms with Crippen molar-refractivity contribution < 1.29 is 4.74 Å². The monoisotopic (exact) mass is 288 g/mol. The Morgan fingerprint density at radius 1 is 1.33 bits per heavy atom. The lowest BCUT2D eigenvalue weighted by Gasteiger charge is -2.31. The van der Waals surface area contributed by atoms with E-state index in [2.05, 4.69) is 20.0 Å². The van der Waals surface area contributed by atoms with Gasteiger partial charge in [0.2, 0.25) is 0 Å². The maximum atomic E-state index is 5.94. The molecule has 21 heavy (non-hydrogen) atoms. The van der Waals surface area contributed by atoms with Gasteiger partial charge in [-0.2, -0.15) is 5.10 Å². The Morgan fingerprint density at radius 2 is 2.14 bits per heavy atom. The van der Waals surface area contributed by atoms with Gasteiger partial charge in [0.25, 0.3) is 0 Å². The molecule has 0 atom stereocenters. The summed E-state index contributed by atoms with van der Waals surface area (Å²) in [5.74, 6) is 1.52. The zero-order valence-corrected chi connectivity index (χ0v) is 12.1. The SMILES string of the molecule is Cn1ncnc1COc1cncc(N2CCC(N)CC2)c1. The molecule has 2 aromatic rings. The number of hydrogen-bond donors (Lipinski definition) is 1. The third-order valence-corrected chi connectivity index (χ3v) is 3.78. The number of anilines is 1. The lowest BCUT2D eigenvalue weighted by atomic mass is 10.1.